The van der Waals surface area contributed by atoms with Gasteiger partial charge in [0.15, 0.2) is 0 Å². The van der Waals surface area contributed by atoms with Crippen LogP contribution in [0.1, 0.15) is 50.2 Å². The highest BCUT2D eigenvalue weighted by Crippen LogP contribution is 2.44. The van der Waals surface area contributed by atoms with Gasteiger partial charge in [0.2, 0.25) is 5.91 Å². The van der Waals surface area contributed by atoms with Crippen LogP contribution >= 0.6 is 0 Å². The summed E-state index contributed by atoms with van der Waals surface area (Å²) in [4.78, 5) is 38.9. The van der Waals surface area contributed by atoms with E-state index in [4.69, 9.17) is 4.74 Å². The van der Waals surface area contributed by atoms with Crippen LogP contribution in [0.3, 0.4) is 0 Å². The maximum atomic E-state index is 13.1. The van der Waals surface area contributed by atoms with Gasteiger partial charge in [-0.25, -0.2) is 4.79 Å². The minimum atomic E-state index is -0.818. The molecule has 2 aromatic carbocycles. The molecule has 4 rings (SSSR count). The van der Waals surface area contributed by atoms with Crippen molar-refractivity contribution in [2.75, 3.05) is 19.7 Å². The topological polar surface area (TPSA) is 95.9 Å². The summed E-state index contributed by atoms with van der Waals surface area (Å²) in [5.41, 5.74) is 4.58. The number of ether oxygens (including phenoxy) is 1. The molecular formula is C27H32N2O5. The van der Waals surface area contributed by atoms with Crippen molar-refractivity contribution in [1.29, 1.82) is 0 Å². The van der Waals surface area contributed by atoms with Crippen LogP contribution < -0.4 is 5.32 Å². The number of carboxylic acid groups (broad SMARTS) is 1. The summed E-state index contributed by atoms with van der Waals surface area (Å²) in [7, 11) is 0. The van der Waals surface area contributed by atoms with Gasteiger partial charge in [-0.3, -0.25) is 9.59 Å². The monoisotopic (exact) mass is 464 g/mol. The second kappa shape index (κ2) is 10.3. The van der Waals surface area contributed by atoms with E-state index in [1.165, 1.54) is 0 Å². The molecule has 180 valence electrons. The van der Waals surface area contributed by atoms with Crippen molar-refractivity contribution in [3.8, 4) is 11.1 Å². The molecule has 0 saturated carbocycles. The first-order chi connectivity index (χ1) is 16.4. The molecule has 3 atom stereocenters. The van der Waals surface area contributed by atoms with Crippen LogP contribution in [0.4, 0.5) is 4.79 Å². The number of piperidine rings is 1. The number of amides is 2. The predicted octanol–water partition coefficient (Wildman–Crippen LogP) is 4.26. The van der Waals surface area contributed by atoms with E-state index >= 15 is 0 Å². The number of benzene rings is 2. The third-order valence-corrected chi connectivity index (χ3v) is 7.05. The van der Waals surface area contributed by atoms with Crippen molar-refractivity contribution in [2.24, 2.45) is 11.8 Å². The van der Waals surface area contributed by atoms with Crippen molar-refractivity contribution in [3.05, 3.63) is 59.7 Å². The first-order valence-electron chi connectivity index (χ1n) is 12.0. The predicted molar refractivity (Wildman–Crippen MR) is 128 cm³/mol. The molecule has 1 fully saturated rings. The Morgan fingerprint density at radius 3 is 2.26 bits per heavy atom. The maximum Gasteiger partial charge on any atom is 0.407 e. The minimum Gasteiger partial charge on any atom is -0.481 e. The molecule has 1 saturated heterocycles. The van der Waals surface area contributed by atoms with Crippen LogP contribution in [0.25, 0.3) is 11.1 Å². The summed E-state index contributed by atoms with van der Waals surface area (Å²) in [5, 5.41) is 12.1. The van der Waals surface area contributed by atoms with E-state index in [9.17, 15) is 19.5 Å². The van der Waals surface area contributed by atoms with Crippen molar-refractivity contribution < 1.29 is 24.2 Å². The molecule has 1 heterocycles. The zero-order valence-corrected chi connectivity index (χ0v) is 19.7. The van der Waals surface area contributed by atoms with E-state index in [1.54, 1.807) is 4.90 Å². The molecule has 2 N–H and O–H groups in total. The number of alkyl carbamates (subject to hydrolysis) is 1. The van der Waals surface area contributed by atoms with E-state index in [0.29, 0.717) is 25.9 Å². The Hall–Kier alpha value is -3.35. The lowest BCUT2D eigenvalue weighted by atomic mass is 9.86. The third kappa shape index (κ3) is 4.79. The zero-order chi connectivity index (χ0) is 24.2. The highest BCUT2D eigenvalue weighted by molar-refractivity contribution is 5.86. The standard InChI is InChI=1S/C27H32N2O5/c1-3-8-24(25(30)29-14-13-18(26(31)32)17(2)15-29)28-27(33)34-16-23-21-11-6-4-9-19(21)20-10-5-7-12-22(20)23/h4-7,9-12,17-18,23-24H,3,8,13-16H2,1-2H3,(H,28,33)(H,31,32). The number of likely N-dealkylation sites (tertiary alicyclic amines) is 1. The number of nitrogens with one attached hydrogen (secondary N) is 1. The molecule has 2 amide bonds. The summed E-state index contributed by atoms with van der Waals surface area (Å²) >= 11 is 0. The summed E-state index contributed by atoms with van der Waals surface area (Å²) in [5.74, 6) is -1.61. The van der Waals surface area contributed by atoms with Gasteiger partial charge in [0, 0.05) is 19.0 Å². The first kappa shape index (κ1) is 23.8. The largest absolute Gasteiger partial charge is 0.481 e. The fraction of sp³-hybridized carbons (Fsp3) is 0.444. The van der Waals surface area contributed by atoms with E-state index in [1.807, 2.05) is 38.1 Å². The molecule has 34 heavy (non-hydrogen) atoms. The van der Waals surface area contributed by atoms with E-state index in [0.717, 1.165) is 28.7 Å². The third-order valence-electron chi connectivity index (χ3n) is 7.05. The van der Waals surface area contributed by atoms with Gasteiger partial charge in [0.1, 0.15) is 12.6 Å². The van der Waals surface area contributed by atoms with Crippen LogP contribution in [-0.2, 0) is 14.3 Å². The summed E-state index contributed by atoms with van der Waals surface area (Å²) < 4.78 is 5.63. The van der Waals surface area contributed by atoms with Gasteiger partial charge in [-0.2, -0.15) is 0 Å². The summed E-state index contributed by atoms with van der Waals surface area (Å²) in [6, 6.07) is 15.6. The van der Waals surface area contributed by atoms with Gasteiger partial charge in [0.25, 0.3) is 0 Å². The molecule has 7 heteroatoms. The molecule has 0 aromatic heterocycles. The fourth-order valence-corrected chi connectivity index (χ4v) is 5.26. The van der Waals surface area contributed by atoms with Gasteiger partial charge >= 0.3 is 12.1 Å². The molecule has 0 spiro atoms. The highest BCUT2D eigenvalue weighted by atomic mass is 16.5. The van der Waals surface area contributed by atoms with Gasteiger partial charge in [0.05, 0.1) is 5.92 Å². The smallest absolute Gasteiger partial charge is 0.407 e. The lowest BCUT2D eigenvalue weighted by Crippen LogP contribution is -2.53. The van der Waals surface area contributed by atoms with Crippen molar-refractivity contribution >= 4 is 18.0 Å². The molecule has 0 bridgehead atoms. The second-order valence-electron chi connectivity index (χ2n) is 9.31. The minimum absolute atomic E-state index is 0.0469. The number of fused-ring (bicyclic) bond motifs is 3. The Labute approximate surface area is 200 Å². The number of carboxylic acids is 1. The van der Waals surface area contributed by atoms with E-state index in [2.05, 4.69) is 29.6 Å². The summed E-state index contributed by atoms with van der Waals surface area (Å²) in [6.45, 7) is 4.76. The van der Waals surface area contributed by atoms with E-state index in [-0.39, 0.29) is 24.3 Å². The number of nitrogens with zero attached hydrogens (tertiary/aromatic N) is 1. The van der Waals surface area contributed by atoms with Crippen LogP contribution in [0.15, 0.2) is 48.5 Å². The Morgan fingerprint density at radius 1 is 1.09 bits per heavy atom. The average molecular weight is 465 g/mol. The number of carbonyl (C=O) groups is 3. The molecule has 2 aliphatic rings. The fourth-order valence-electron chi connectivity index (χ4n) is 5.26. The van der Waals surface area contributed by atoms with Crippen molar-refractivity contribution in [2.45, 2.75) is 45.1 Å². The molecule has 7 nitrogen and oxygen atoms in total. The Kier molecular flexibility index (Phi) is 7.20. The van der Waals surface area contributed by atoms with Gasteiger partial charge < -0.3 is 20.1 Å². The second-order valence-corrected chi connectivity index (χ2v) is 9.31. The number of aliphatic carboxylic acids is 1. The lowest BCUT2D eigenvalue weighted by molar-refractivity contribution is -0.148. The number of carbonyl (C=O) groups excluding carboxylic acids is 2. The lowest BCUT2D eigenvalue weighted by Gasteiger charge is -2.36. The first-order valence-corrected chi connectivity index (χ1v) is 12.0. The molecule has 0 radical (unpaired) electrons. The Balaban J connectivity index is 1.38. The molecular weight excluding hydrogens is 432 g/mol. The van der Waals surface area contributed by atoms with Crippen LogP contribution in [0.5, 0.6) is 0 Å². The van der Waals surface area contributed by atoms with Gasteiger partial charge in [-0.1, -0.05) is 68.8 Å². The average Bonchev–Trinajstić information content (AvgIpc) is 3.15. The maximum absolute atomic E-state index is 13.1. The Morgan fingerprint density at radius 2 is 1.71 bits per heavy atom. The van der Waals surface area contributed by atoms with Crippen LogP contribution in [0, 0.1) is 11.8 Å². The van der Waals surface area contributed by atoms with Crippen molar-refractivity contribution in [3.63, 3.8) is 0 Å². The SMILES string of the molecule is CCCC(NC(=O)OCC1c2ccccc2-c2ccccc21)C(=O)N1CCC(C(=O)O)C(C)C1. The van der Waals surface area contributed by atoms with Gasteiger partial charge in [-0.15, -0.1) is 0 Å². The van der Waals surface area contributed by atoms with Crippen molar-refractivity contribution in [1.82, 2.24) is 10.2 Å². The highest BCUT2D eigenvalue weighted by Gasteiger charge is 2.36. The quantitative estimate of drug-likeness (QED) is 0.638. The molecule has 2 aromatic rings. The van der Waals surface area contributed by atoms with Crippen LogP contribution in [-0.4, -0.2) is 53.7 Å². The van der Waals surface area contributed by atoms with Crippen LogP contribution in [0.2, 0.25) is 0 Å². The Bertz CT molecular complexity index is 1020. The number of rotatable bonds is 7. The van der Waals surface area contributed by atoms with E-state index < -0.39 is 24.0 Å². The summed E-state index contributed by atoms with van der Waals surface area (Å²) in [6.07, 6.45) is 1.03. The molecule has 1 aliphatic heterocycles. The zero-order valence-electron chi connectivity index (χ0n) is 19.7. The number of hydrogen-bond acceptors (Lipinski definition) is 4. The number of hydrogen-bond donors (Lipinski definition) is 2. The van der Waals surface area contributed by atoms with Gasteiger partial charge in [-0.05, 0) is 41.0 Å². The molecule has 1 aliphatic carbocycles. The molecule has 3 unspecified atom stereocenters. The normalized spacial score (nSPS) is 20.2.